The van der Waals surface area contributed by atoms with Crippen molar-refractivity contribution in [3.05, 3.63) is 47.5 Å². The minimum atomic E-state index is 0.757. The van der Waals surface area contributed by atoms with E-state index in [1.54, 1.807) is 0 Å². The molecule has 2 fully saturated rings. The highest BCUT2D eigenvalue weighted by molar-refractivity contribution is 5.39. The monoisotopic (exact) mass is 390 g/mol. The van der Waals surface area contributed by atoms with Gasteiger partial charge in [0.25, 0.3) is 0 Å². The second-order valence-electron chi connectivity index (χ2n) is 9.65. The molecule has 29 heavy (non-hydrogen) atoms. The van der Waals surface area contributed by atoms with Crippen molar-refractivity contribution < 1.29 is 0 Å². The molecule has 0 radical (unpaired) electrons. The summed E-state index contributed by atoms with van der Waals surface area (Å²) in [5.41, 5.74) is 2.68. The average Bonchev–Trinajstić information content (AvgIpc) is 2.78. The van der Waals surface area contributed by atoms with Crippen LogP contribution in [0.25, 0.3) is 0 Å². The predicted molar refractivity (Wildman–Crippen MR) is 127 cm³/mol. The summed E-state index contributed by atoms with van der Waals surface area (Å²) in [6, 6.07) is 9.10. The molecule has 0 atom stereocenters. The van der Waals surface area contributed by atoms with Crippen molar-refractivity contribution in [3.63, 3.8) is 0 Å². The Labute approximate surface area is 180 Å². The molecule has 2 aliphatic carbocycles. The third kappa shape index (κ3) is 7.37. The number of unbranched alkanes of at least 4 members (excludes halogenated alkanes) is 2. The second kappa shape index (κ2) is 12.3. The van der Waals surface area contributed by atoms with Gasteiger partial charge in [0, 0.05) is 5.56 Å². The largest absolute Gasteiger partial charge is 0.0730 e. The minimum absolute atomic E-state index is 0.757. The van der Waals surface area contributed by atoms with E-state index >= 15 is 0 Å². The van der Waals surface area contributed by atoms with E-state index in [0.717, 1.165) is 29.2 Å². The summed E-state index contributed by atoms with van der Waals surface area (Å²) >= 11 is 0. The maximum absolute atomic E-state index is 3.34. The zero-order chi connectivity index (χ0) is 20.3. The Bertz CT molecular complexity index is 652. The standard InChI is InChI=1S/C29H42/c1-3-5-6-9-25-12-14-26(15-13-25)10-7-8-11-27-18-22-29(23-19-27)28-20-16-24(4-2)17-21-28/h7,10,18-19,22-26,28H,3-6,9,12-17,20-21H2,1-2H3/b10-7+/t24-,25-,26-,28-. The third-order valence-corrected chi connectivity index (χ3v) is 7.58. The molecule has 0 heterocycles. The first kappa shape index (κ1) is 22.2. The van der Waals surface area contributed by atoms with Crippen molar-refractivity contribution in [3.8, 4) is 11.8 Å². The van der Waals surface area contributed by atoms with Gasteiger partial charge in [-0.3, -0.25) is 0 Å². The highest BCUT2D eigenvalue weighted by Gasteiger charge is 2.21. The topological polar surface area (TPSA) is 0 Å². The predicted octanol–water partition coefficient (Wildman–Crippen LogP) is 8.66. The lowest BCUT2D eigenvalue weighted by atomic mass is 9.78. The zero-order valence-corrected chi connectivity index (χ0v) is 19.0. The van der Waals surface area contributed by atoms with Gasteiger partial charge in [0.1, 0.15) is 0 Å². The van der Waals surface area contributed by atoms with Crippen LogP contribution in [0.1, 0.15) is 114 Å². The highest BCUT2D eigenvalue weighted by Crippen LogP contribution is 2.37. The Morgan fingerprint density at radius 2 is 1.52 bits per heavy atom. The molecule has 3 rings (SSSR count). The fourth-order valence-corrected chi connectivity index (χ4v) is 5.40. The number of rotatable bonds is 7. The number of hydrogen-bond donors (Lipinski definition) is 0. The number of allylic oxidation sites excluding steroid dienone is 2. The van der Waals surface area contributed by atoms with E-state index in [4.69, 9.17) is 0 Å². The lowest BCUT2D eigenvalue weighted by molar-refractivity contribution is 0.289. The van der Waals surface area contributed by atoms with Crippen LogP contribution in [0.4, 0.5) is 0 Å². The molecule has 0 saturated heterocycles. The van der Waals surface area contributed by atoms with Gasteiger partial charge in [-0.2, -0.15) is 0 Å². The Hall–Kier alpha value is -1.48. The van der Waals surface area contributed by atoms with Gasteiger partial charge in [-0.25, -0.2) is 0 Å². The van der Waals surface area contributed by atoms with Crippen LogP contribution in [0, 0.1) is 29.6 Å². The fourth-order valence-electron chi connectivity index (χ4n) is 5.40. The van der Waals surface area contributed by atoms with E-state index in [9.17, 15) is 0 Å². The van der Waals surface area contributed by atoms with Crippen LogP contribution in [0.3, 0.4) is 0 Å². The van der Waals surface area contributed by atoms with E-state index in [0.29, 0.717) is 0 Å². The molecule has 0 N–H and O–H groups in total. The van der Waals surface area contributed by atoms with Gasteiger partial charge in [0.05, 0.1) is 0 Å². The van der Waals surface area contributed by atoms with E-state index in [-0.39, 0.29) is 0 Å². The first-order valence-electron chi connectivity index (χ1n) is 12.6. The first-order chi connectivity index (χ1) is 14.3. The van der Waals surface area contributed by atoms with Crippen molar-refractivity contribution in [2.45, 2.75) is 103 Å². The van der Waals surface area contributed by atoms with Crippen molar-refractivity contribution in [2.75, 3.05) is 0 Å². The molecule has 0 nitrogen and oxygen atoms in total. The summed E-state index contributed by atoms with van der Waals surface area (Å²) in [6.45, 7) is 4.64. The van der Waals surface area contributed by atoms with E-state index in [1.807, 2.05) is 0 Å². The van der Waals surface area contributed by atoms with Crippen LogP contribution in [0.5, 0.6) is 0 Å². The first-order valence-corrected chi connectivity index (χ1v) is 12.6. The van der Waals surface area contributed by atoms with E-state index in [1.165, 1.54) is 89.0 Å². The van der Waals surface area contributed by atoms with Crippen LogP contribution >= 0.6 is 0 Å². The van der Waals surface area contributed by atoms with Gasteiger partial charge in [0.15, 0.2) is 0 Å². The number of benzene rings is 1. The summed E-state index contributed by atoms with van der Waals surface area (Å²) < 4.78 is 0. The Kier molecular flexibility index (Phi) is 9.40. The summed E-state index contributed by atoms with van der Waals surface area (Å²) in [4.78, 5) is 0. The number of hydrogen-bond acceptors (Lipinski definition) is 0. The van der Waals surface area contributed by atoms with Gasteiger partial charge in [-0.15, -0.1) is 0 Å². The molecule has 0 aliphatic heterocycles. The molecule has 0 heteroatoms. The minimum Gasteiger partial charge on any atom is -0.0730 e. The molecule has 0 amide bonds. The van der Waals surface area contributed by atoms with Gasteiger partial charge >= 0.3 is 0 Å². The molecule has 1 aromatic carbocycles. The van der Waals surface area contributed by atoms with Gasteiger partial charge < -0.3 is 0 Å². The lowest BCUT2D eigenvalue weighted by Gasteiger charge is -2.28. The van der Waals surface area contributed by atoms with Crippen molar-refractivity contribution in [2.24, 2.45) is 17.8 Å². The van der Waals surface area contributed by atoms with Crippen LogP contribution < -0.4 is 0 Å². The summed E-state index contributed by atoms with van der Waals surface area (Å²) in [7, 11) is 0. The Morgan fingerprint density at radius 3 is 2.17 bits per heavy atom. The molecule has 0 aromatic heterocycles. The summed E-state index contributed by atoms with van der Waals surface area (Å²) in [6.07, 6.45) is 22.6. The van der Waals surface area contributed by atoms with Crippen molar-refractivity contribution in [1.29, 1.82) is 0 Å². The van der Waals surface area contributed by atoms with Gasteiger partial charge in [0.2, 0.25) is 0 Å². The molecular formula is C29H42. The molecule has 1 aromatic rings. The maximum Gasteiger partial charge on any atom is 0.0249 e. The third-order valence-electron chi connectivity index (χ3n) is 7.58. The maximum atomic E-state index is 3.34. The molecule has 0 spiro atoms. The summed E-state index contributed by atoms with van der Waals surface area (Å²) in [5, 5.41) is 0. The van der Waals surface area contributed by atoms with E-state index < -0.39 is 0 Å². The highest BCUT2D eigenvalue weighted by atomic mass is 14.3. The molecule has 0 unspecified atom stereocenters. The quantitative estimate of drug-likeness (QED) is 0.323. The van der Waals surface area contributed by atoms with Crippen LogP contribution in [-0.4, -0.2) is 0 Å². The van der Waals surface area contributed by atoms with Crippen LogP contribution in [0.2, 0.25) is 0 Å². The molecule has 2 aliphatic rings. The lowest BCUT2D eigenvalue weighted by Crippen LogP contribution is -2.12. The second-order valence-corrected chi connectivity index (χ2v) is 9.65. The zero-order valence-electron chi connectivity index (χ0n) is 19.0. The van der Waals surface area contributed by atoms with Gasteiger partial charge in [-0.05, 0) is 98.8 Å². The molecule has 2 saturated carbocycles. The summed E-state index contributed by atoms with van der Waals surface area (Å²) in [5.74, 6) is 10.1. The molecular weight excluding hydrogens is 348 g/mol. The average molecular weight is 391 g/mol. The Balaban J connectivity index is 1.40. The van der Waals surface area contributed by atoms with Crippen LogP contribution in [-0.2, 0) is 0 Å². The molecule has 158 valence electrons. The normalized spacial score (nSPS) is 27.5. The van der Waals surface area contributed by atoms with Crippen molar-refractivity contribution in [1.82, 2.24) is 0 Å². The molecule has 0 bridgehead atoms. The smallest absolute Gasteiger partial charge is 0.0249 e. The SMILES string of the molecule is CCCCC[C@H]1CC[C@H](/C=C/C#Cc2ccc([C@H]3CC[C@H](CC)CC3)cc2)CC1. The van der Waals surface area contributed by atoms with E-state index in [2.05, 4.69) is 62.1 Å². The Morgan fingerprint density at radius 1 is 0.828 bits per heavy atom. The fraction of sp³-hybridized carbons (Fsp3) is 0.655. The van der Waals surface area contributed by atoms with Crippen LogP contribution in [0.15, 0.2) is 36.4 Å². The van der Waals surface area contributed by atoms with Crippen molar-refractivity contribution >= 4 is 0 Å². The van der Waals surface area contributed by atoms with Gasteiger partial charge in [-0.1, -0.05) is 76.0 Å².